The van der Waals surface area contributed by atoms with Crippen LogP contribution in [0.25, 0.3) is 21.8 Å². The van der Waals surface area contributed by atoms with E-state index in [-0.39, 0.29) is 12.3 Å². The molecule has 0 atom stereocenters. The molecule has 0 aliphatic carbocycles. The number of amides is 1. The zero-order valence-corrected chi connectivity index (χ0v) is 20.4. The third-order valence-electron chi connectivity index (χ3n) is 4.82. The predicted molar refractivity (Wildman–Crippen MR) is 144 cm³/mol. The van der Waals surface area contributed by atoms with Crippen LogP contribution >= 0.6 is 0 Å². The van der Waals surface area contributed by atoms with Crippen LogP contribution in [0.5, 0.6) is 0 Å². The Hall–Kier alpha value is -4.40. The number of rotatable bonds is 5. The van der Waals surface area contributed by atoms with E-state index >= 15 is 0 Å². The van der Waals surface area contributed by atoms with Gasteiger partial charge in [-0.3, -0.25) is 9.59 Å². The second-order valence-electron chi connectivity index (χ2n) is 7.40. The molecule has 2 aromatic carbocycles. The summed E-state index contributed by atoms with van der Waals surface area (Å²) in [5.74, 6) is 0.981. The summed E-state index contributed by atoms with van der Waals surface area (Å²) in [7, 11) is 3.69. The monoisotopic (exact) mass is 476 g/mol. The number of fused-ring (bicyclic) bond motifs is 2. The van der Waals surface area contributed by atoms with Gasteiger partial charge in [0.1, 0.15) is 11.6 Å². The summed E-state index contributed by atoms with van der Waals surface area (Å²) in [4.78, 5) is 29.4. The number of hydrogen-bond acceptors (Lipinski definition) is 7. The Morgan fingerprint density at radius 2 is 1.31 bits per heavy atom. The molecule has 0 spiro atoms. The van der Waals surface area contributed by atoms with Crippen molar-refractivity contribution in [3.05, 3.63) is 60.7 Å². The highest BCUT2D eigenvalue weighted by Crippen LogP contribution is 2.20. The number of carboxylic acid groups (broad SMARTS) is 1. The summed E-state index contributed by atoms with van der Waals surface area (Å²) < 4.78 is 0. The van der Waals surface area contributed by atoms with E-state index in [1.165, 1.54) is 0 Å². The lowest BCUT2D eigenvalue weighted by Crippen LogP contribution is -2.09. The molecule has 9 heteroatoms. The van der Waals surface area contributed by atoms with Gasteiger partial charge in [0, 0.05) is 49.1 Å². The molecule has 184 valence electrons. The largest absolute Gasteiger partial charge is 0.481 e. The molecule has 0 radical (unpaired) electrons. The van der Waals surface area contributed by atoms with Gasteiger partial charge in [-0.2, -0.15) is 0 Å². The number of anilines is 4. The molecule has 0 bridgehead atoms. The maximum absolute atomic E-state index is 11.3. The Labute approximate surface area is 204 Å². The van der Waals surface area contributed by atoms with Crippen LogP contribution in [0.2, 0.25) is 0 Å². The highest BCUT2D eigenvalue weighted by Gasteiger charge is 2.02. The summed E-state index contributed by atoms with van der Waals surface area (Å²) in [5.41, 5.74) is 9.10. The average Bonchev–Trinajstić information content (AvgIpc) is 2.88. The fourth-order valence-electron chi connectivity index (χ4n) is 2.88. The number of pyridine rings is 2. The van der Waals surface area contributed by atoms with Crippen molar-refractivity contribution in [2.75, 3.05) is 35.8 Å². The molecule has 35 heavy (non-hydrogen) atoms. The van der Waals surface area contributed by atoms with Gasteiger partial charge in [-0.1, -0.05) is 13.8 Å². The van der Waals surface area contributed by atoms with Crippen molar-refractivity contribution in [1.29, 1.82) is 0 Å². The predicted octanol–water partition coefficient (Wildman–Crippen LogP) is 4.96. The first-order chi connectivity index (χ1) is 16.8. The quantitative estimate of drug-likeness (QED) is 0.254. The standard InChI is InChI=1S/C13H15N3O.C10H11N3.C3H6O2/c1-3-13(17)15-10-5-6-11-9(8-10)4-7-12(14-2)16-11;1-12-10-5-2-7-6-8(11)3-4-9(7)13-10;1-2-3(4)5/h4-8H,3H2,1-2H3,(H,14,16)(H,15,17);2-6H,11H2,1H3,(H,12,13);2H2,1H3,(H,4,5). The van der Waals surface area contributed by atoms with Crippen LogP contribution in [0, 0.1) is 0 Å². The number of nitrogens with one attached hydrogen (secondary N) is 3. The molecule has 0 fully saturated rings. The number of carboxylic acids is 1. The molecule has 2 heterocycles. The maximum Gasteiger partial charge on any atom is 0.303 e. The molecule has 1 amide bonds. The third-order valence-corrected chi connectivity index (χ3v) is 4.82. The second-order valence-corrected chi connectivity index (χ2v) is 7.40. The number of aromatic nitrogens is 2. The van der Waals surface area contributed by atoms with E-state index < -0.39 is 5.97 Å². The van der Waals surface area contributed by atoms with Crippen LogP contribution in [-0.4, -0.2) is 41.0 Å². The van der Waals surface area contributed by atoms with E-state index in [2.05, 4.69) is 25.9 Å². The number of aliphatic carboxylic acids is 1. The van der Waals surface area contributed by atoms with E-state index in [0.717, 1.165) is 44.8 Å². The topological polar surface area (TPSA) is 142 Å². The van der Waals surface area contributed by atoms with Crippen molar-refractivity contribution in [2.24, 2.45) is 0 Å². The molecular weight excluding hydrogens is 444 g/mol. The molecule has 0 aliphatic heterocycles. The first-order valence-corrected chi connectivity index (χ1v) is 11.2. The van der Waals surface area contributed by atoms with E-state index in [0.29, 0.717) is 6.42 Å². The van der Waals surface area contributed by atoms with Crippen molar-refractivity contribution < 1.29 is 14.7 Å². The number of carbonyl (C=O) groups is 2. The molecular formula is C26H32N6O3. The van der Waals surface area contributed by atoms with Gasteiger partial charge in [0.25, 0.3) is 0 Å². The smallest absolute Gasteiger partial charge is 0.303 e. The summed E-state index contributed by atoms with van der Waals surface area (Å²) in [6, 6.07) is 19.2. The Bertz CT molecular complexity index is 1290. The molecule has 0 saturated heterocycles. The highest BCUT2D eigenvalue weighted by molar-refractivity contribution is 5.93. The third kappa shape index (κ3) is 8.47. The summed E-state index contributed by atoms with van der Waals surface area (Å²) in [5, 5.41) is 18.6. The van der Waals surface area contributed by atoms with Crippen LogP contribution < -0.4 is 21.7 Å². The fourth-order valence-corrected chi connectivity index (χ4v) is 2.88. The van der Waals surface area contributed by atoms with Crippen LogP contribution in [0.4, 0.5) is 23.0 Å². The van der Waals surface area contributed by atoms with E-state index in [1.54, 1.807) is 6.92 Å². The van der Waals surface area contributed by atoms with Crippen LogP contribution in [0.3, 0.4) is 0 Å². The van der Waals surface area contributed by atoms with Crippen LogP contribution in [0.15, 0.2) is 60.7 Å². The van der Waals surface area contributed by atoms with Gasteiger partial charge in [-0.25, -0.2) is 9.97 Å². The van der Waals surface area contributed by atoms with Gasteiger partial charge in [0.05, 0.1) is 11.0 Å². The Morgan fingerprint density at radius 3 is 1.80 bits per heavy atom. The Balaban J connectivity index is 0.000000212. The normalized spacial score (nSPS) is 9.83. The molecule has 0 unspecified atom stereocenters. The molecule has 0 aliphatic rings. The van der Waals surface area contributed by atoms with Crippen LogP contribution in [-0.2, 0) is 9.59 Å². The minimum atomic E-state index is -0.745. The van der Waals surface area contributed by atoms with E-state index in [9.17, 15) is 9.59 Å². The van der Waals surface area contributed by atoms with Gasteiger partial charge in [-0.15, -0.1) is 0 Å². The summed E-state index contributed by atoms with van der Waals surface area (Å²) >= 11 is 0. The van der Waals surface area contributed by atoms with Gasteiger partial charge < -0.3 is 26.8 Å². The fraction of sp³-hybridized carbons (Fsp3) is 0.231. The minimum Gasteiger partial charge on any atom is -0.481 e. The lowest BCUT2D eigenvalue weighted by atomic mass is 10.2. The van der Waals surface area contributed by atoms with Gasteiger partial charge in [0.15, 0.2) is 0 Å². The van der Waals surface area contributed by atoms with E-state index in [1.807, 2.05) is 81.7 Å². The molecule has 9 nitrogen and oxygen atoms in total. The Kier molecular flexibility index (Phi) is 10.2. The number of nitrogen functional groups attached to an aromatic ring is 1. The minimum absolute atomic E-state index is 0.0177. The van der Waals surface area contributed by atoms with Crippen LogP contribution in [0.1, 0.15) is 26.7 Å². The number of nitrogens with zero attached hydrogens (tertiary/aromatic N) is 2. The molecule has 6 N–H and O–H groups in total. The van der Waals surface area contributed by atoms with Crippen molar-refractivity contribution in [3.63, 3.8) is 0 Å². The Morgan fingerprint density at radius 1 is 0.800 bits per heavy atom. The average molecular weight is 477 g/mol. The zero-order valence-electron chi connectivity index (χ0n) is 20.4. The van der Waals surface area contributed by atoms with E-state index in [4.69, 9.17) is 10.8 Å². The first kappa shape index (κ1) is 26.8. The lowest BCUT2D eigenvalue weighted by Gasteiger charge is -2.06. The van der Waals surface area contributed by atoms with Gasteiger partial charge >= 0.3 is 5.97 Å². The maximum atomic E-state index is 11.3. The van der Waals surface area contributed by atoms with Crippen molar-refractivity contribution in [2.45, 2.75) is 26.7 Å². The summed E-state index contributed by atoms with van der Waals surface area (Å²) in [6.07, 6.45) is 0.703. The van der Waals surface area contributed by atoms with Crippen molar-refractivity contribution >= 4 is 56.7 Å². The highest BCUT2D eigenvalue weighted by atomic mass is 16.4. The SMILES string of the molecule is CCC(=O)Nc1ccc2nc(NC)ccc2c1.CCC(=O)O.CNc1ccc2cc(N)ccc2n1. The van der Waals surface area contributed by atoms with Gasteiger partial charge in [0.2, 0.25) is 5.91 Å². The number of nitrogens with two attached hydrogens (primary N) is 1. The lowest BCUT2D eigenvalue weighted by molar-refractivity contribution is -0.136. The number of carbonyl (C=O) groups excluding carboxylic acids is 1. The summed E-state index contributed by atoms with van der Waals surface area (Å²) in [6.45, 7) is 3.43. The zero-order chi connectivity index (χ0) is 25.8. The first-order valence-electron chi connectivity index (χ1n) is 11.2. The molecule has 2 aromatic heterocycles. The molecule has 4 rings (SSSR count). The van der Waals surface area contributed by atoms with Crippen molar-refractivity contribution in [1.82, 2.24) is 9.97 Å². The number of benzene rings is 2. The number of hydrogen-bond donors (Lipinski definition) is 5. The van der Waals surface area contributed by atoms with Gasteiger partial charge in [-0.05, 0) is 60.7 Å². The second kappa shape index (κ2) is 13.3. The molecule has 4 aromatic rings. The molecule has 0 saturated carbocycles. The van der Waals surface area contributed by atoms with Crippen molar-refractivity contribution in [3.8, 4) is 0 Å².